The van der Waals surface area contributed by atoms with Crippen LogP contribution in [0.4, 0.5) is 5.69 Å². The summed E-state index contributed by atoms with van der Waals surface area (Å²) in [4.78, 5) is 30.0. The Bertz CT molecular complexity index is 1760. The van der Waals surface area contributed by atoms with E-state index in [0.29, 0.717) is 27.7 Å². The minimum Gasteiger partial charge on any atom is -0.354 e. The molecule has 4 aromatic rings. The topological polar surface area (TPSA) is 86.8 Å². The number of sulfonamides is 1. The van der Waals surface area contributed by atoms with Crippen LogP contribution < -0.4 is 9.62 Å². The van der Waals surface area contributed by atoms with Crippen molar-refractivity contribution in [3.8, 4) is 0 Å². The van der Waals surface area contributed by atoms with Gasteiger partial charge in [-0.15, -0.1) is 0 Å². The lowest BCUT2D eigenvalue weighted by atomic mass is 10.0. The monoisotopic (exact) mass is 679 g/mol. The Morgan fingerprint density at radius 3 is 2.09 bits per heavy atom. The van der Waals surface area contributed by atoms with Gasteiger partial charge in [0.05, 0.1) is 10.6 Å². The summed E-state index contributed by atoms with van der Waals surface area (Å²) in [5, 5.41) is 3.77. The third-order valence-electron chi connectivity index (χ3n) is 7.65. The van der Waals surface area contributed by atoms with Crippen LogP contribution in [-0.2, 0) is 32.6 Å². The summed E-state index contributed by atoms with van der Waals surface area (Å²) >= 11 is 13.0. The number of hydrogen-bond acceptors (Lipinski definition) is 4. The van der Waals surface area contributed by atoms with Crippen molar-refractivity contribution >= 4 is 50.7 Å². The van der Waals surface area contributed by atoms with E-state index in [-0.39, 0.29) is 35.4 Å². The molecule has 0 radical (unpaired) electrons. The van der Waals surface area contributed by atoms with Crippen molar-refractivity contribution in [2.45, 2.75) is 51.6 Å². The fourth-order valence-corrected chi connectivity index (χ4v) is 6.84. The van der Waals surface area contributed by atoms with E-state index in [0.717, 1.165) is 15.4 Å². The third kappa shape index (κ3) is 8.69. The first-order valence-electron chi connectivity index (χ1n) is 15.1. The molecule has 0 saturated heterocycles. The molecule has 4 rings (SSSR count). The minimum absolute atomic E-state index is 0.0158. The fourth-order valence-electron chi connectivity index (χ4n) is 5.00. The predicted molar refractivity (Wildman–Crippen MR) is 186 cm³/mol. The van der Waals surface area contributed by atoms with Gasteiger partial charge in [0, 0.05) is 29.6 Å². The number of benzene rings is 4. The second-order valence-corrected chi connectivity index (χ2v) is 14.3. The van der Waals surface area contributed by atoms with Gasteiger partial charge < -0.3 is 10.2 Å². The maximum Gasteiger partial charge on any atom is 0.264 e. The summed E-state index contributed by atoms with van der Waals surface area (Å²) in [7, 11) is -4.25. The molecule has 0 fully saturated rings. The van der Waals surface area contributed by atoms with E-state index >= 15 is 0 Å². The van der Waals surface area contributed by atoms with E-state index < -0.39 is 28.5 Å². The molecule has 0 aliphatic heterocycles. The van der Waals surface area contributed by atoms with Gasteiger partial charge in [-0.05, 0) is 66.8 Å². The highest BCUT2D eigenvalue weighted by Crippen LogP contribution is 2.32. The summed E-state index contributed by atoms with van der Waals surface area (Å²) in [6.07, 6.45) is 0.210. The molecule has 1 atom stereocenters. The van der Waals surface area contributed by atoms with E-state index in [2.05, 4.69) is 5.32 Å². The largest absolute Gasteiger partial charge is 0.354 e. The van der Waals surface area contributed by atoms with Crippen LogP contribution in [0.3, 0.4) is 0 Å². The van der Waals surface area contributed by atoms with Crippen LogP contribution in [0.15, 0.2) is 102 Å². The number of carbonyl (C=O) groups excluding carboxylic acids is 2. The molecule has 4 aromatic carbocycles. The summed E-state index contributed by atoms with van der Waals surface area (Å²) in [6.45, 7) is 7.36. The number of hydrogen-bond donors (Lipinski definition) is 1. The molecule has 7 nitrogen and oxygen atoms in total. The molecule has 0 aliphatic carbocycles. The van der Waals surface area contributed by atoms with Gasteiger partial charge >= 0.3 is 0 Å². The molecule has 0 aromatic heterocycles. The molecule has 0 spiro atoms. The third-order valence-corrected chi connectivity index (χ3v) is 10.2. The summed E-state index contributed by atoms with van der Waals surface area (Å²) < 4.78 is 29.6. The molecule has 2 amide bonds. The number of aryl methyl sites for hydroxylation is 1. The molecule has 46 heavy (non-hydrogen) atoms. The predicted octanol–water partition coefficient (Wildman–Crippen LogP) is 7.22. The maximum atomic E-state index is 14.6. The van der Waals surface area contributed by atoms with Crippen molar-refractivity contribution in [3.63, 3.8) is 0 Å². The average molecular weight is 681 g/mol. The Morgan fingerprint density at radius 1 is 0.804 bits per heavy atom. The number of anilines is 1. The highest BCUT2D eigenvalue weighted by atomic mass is 35.5. The molecular formula is C36H39Cl2N3O4S. The van der Waals surface area contributed by atoms with Gasteiger partial charge in [-0.3, -0.25) is 13.9 Å². The van der Waals surface area contributed by atoms with Crippen molar-refractivity contribution in [1.29, 1.82) is 0 Å². The smallest absolute Gasteiger partial charge is 0.264 e. The molecule has 0 saturated carbocycles. The summed E-state index contributed by atoms with van der Waals surface area (Å²) in [5.74, 6) is -0.740. The number of carbonyl (C=O) groups is 2. The normalized spacial score (nSPS) is 12.1. The highest BCUT2D eigenvalue weighted by Gasteiger charge is 2.35. The van der Waals surface area contributed by atoms with Gasteiger partial charge in [0.2, 0.25) is 11.8 Å². The van der Waals surface area contributed by atoms with Crippen molar-refractivity contribution in [2.24, 2.45) is 5.92 Å². The van der Waals surface area contributed by atoms with E-state index in [1.807, 2.05) is 51.1 Å². The number of rotatable bonds is 13. The van der Waals surface area contributed by atoms with Crippen LogP contribution in [0.5, 0.6) is 0 Å². The van der Waals surface area contributed by atoms with Crippen LogP contribution in [0.1, 0.15) is 36.1 Å². The van der Waals surface area contributed by atoms with Crippen LogP contribution in [-0.4, -0.2) is 44.3 Å². The van der Waals surface area contributed by atoms with Gasteiger partial charge in [-0.2, -0.15) is 0 Å². The number of amides is 2. The molecular weight excluding hydrogens is 641 g/mol. The molecule has 0 heterocycles. The molecule has 242 valence electrons. The van der Waals surface area contributed by atoms with Gasteiger partial charge in [-0.25, -0.2) is 8.42 Å². The Kier molecular flexibility index (Phi) is 11.9. The SMILES string of the molecule is Cc1ccc(S(=O)(=O)N(CC(=O)N(Cc2ccccc2Cl)C(Cc2ccccc2)C(=O)NCC(C)C)c2cccc(Cl)c2C)cc1. The number of nitrogens with one attached hydrogen (secondary N) is 1. The van der Waals surface area contributed by atoms with Gasteiger partial charge in [-0.1, -0.05) is 109 Å². The quantitative estimate of drug-likeness (QED) is 0.162. The molecule has 10 heteroatoms. The van der Waals surface area contributed by atoms with Gasteiger partial charge in [0.15, 0.2) is 0 Å². The first-order chi connectivity index (χ1) is 21.9. The van der Waals surface area contributed by atoms with Crippen LogP contribution in [0.25, 0.3) is 0 Å². The highest BCUT2D eigenvalue weighted by molar-refractivity contribution is 7.92. The molecule has 0 bridgehead atoms. The van der Waals surface area contributed by atoms with E-state index in [4.69, 9.17) is 23.2 Å². The standard InChI is InChI=1S/C36H39Cl2N3O4S/c1-25(2)22-39-36(43)34(21-28-11-6-5-7-12-28)40(23-29-13-8-9-14-32(29)38)35(42)24-41(33-16-10-15-31(37)27(33)4)46(44,45)30-19-17-26(3)18-20-30/h5-20,25,34H,21-24H2,1-4H3,(H,39,43). The minimum atomic E-state index is -4.25. The fraction of sp³-hybridized carbons (Fsp3) is 0.278. The van der Waals surface area contributed by atoms with E-state index in [9.17, 15) is 18.0 Å². The average Bonchev–Trinajstić information content (AvgIpc) is 3.03. The number of halogens is 2. The Morgan fingerprint density at radius 2 is 1.43 bits per heavy atom. The van der Waals surface area contributed by atoms with Crippen molar-refractivity contribution in [3.05, 3.63) is 129 Å². The molecule has 1 unspecified atom stereocenters. The molecule has 1 N–H and O–H groups in total. The zero-order valence-corrected chi connectivity index (χ0v) is 28.7. The lowest BCUT2D eigenvalue weighted by Crippen LogP contribution is -2.53. The Labute approximate surface area is 282 Å². The van der Waals surface area contributed by atoms with Crippen molar-refractivity contribution < 1.29 is 18.0 Å². The van der Waals surface area contributed by atoms with E-state index in [1.54, 1.807) is 61.5 Å². The van der Waals surface area contributed by atoms with E-state index in [1.165, 1.54) is 17.0 Å². The Balaban J connectivity index is 1.84. The summed E-state index contributed by atoms with van der Waals surface area (Å²) in [5.41, 5.74) is 3.13. The zero-order chi connectivity index (χ0) is 33.4. The second-order valence-electron chi connectivity index (χ2n) is 11.7. The first kappa shape index (κ1) is 35.0. The number of nitrogens with zero attached hydrogens (tertiary/aromatic N) is 2. The zero-order valence-electron chi connectivity index (χ0n) is 26.4. The summed E-state index contributed by atoms with van der Waals surface area (Å²) in [6, 6.07) is 26.9. The van der Waals surface area contributed by atoms with Gasteiger partial charge in [0.25, 0.3) is 10.0 Å². The maximum absolute atomic E-state index is 14.6. The molecule has 0 aliphatic rings. The van der Waals surface area contributed by atoms with Crippen LogP contribution in [0, 0.1) is 19.8 Å². The van der Waals surface area contributed by atoms with Crippen molar-refractivity contribution in [2.75, 3.05) is 17.4 Å². The van der Waals surface area contributed by atoms with Crippen LogP contribution >= 0.6 is 23.2 Å². The second kappa shape index (κ2) is 15.6. The van der Waals surface area contributed by atoms with Gasteiger partial charge in [0.1, 0.15) is 12.6 Å². The Hall–Kier alpha value is -3.85. The lowest BCUT2D eigenvalue weighted by Gasteiger charge is -2.34. The van der Waals surface area contributed by atoms with Crippen LogP contribution in [0.2, 0.25) is 10.0 Å². The van der Waals surface area contributed by atoms with Crippen molar-refractivity contribution in [1.82, 2.24) is 10.2 Å². The first-order valence-corrected chi connectivity index (χ1v) is 17.3. The lowest BCUT2D eigenvalue weighted by molar-refractivity contribution is -0.140.